The Hall–Kier alpha value is -2.77. The van der Waals surface area contributed by atoms with Gasteiger partial charge in [-0.2, -0.15) is 13.2 Å². The molecule has 0 amide bonds. The quantitative estimate of drug-likeness (QED) is 0.495. The van der Waals surface area contributed by atoms with Crippen LogP contribution in [0.15, 0.2) is 42.7 Å². The number of hydrogen-bond acceptors (Lipinski definition) is 4. The fourth-order valence-corrected chi connectivity index (χ4v) is 1.73. The number of rotatable bonds is 3. The van der Waals surface area contributed by atoms with Crippen molar-refractivity contribution in [3.05, 3.63) is 69.5 Å². The van der Waals surface area contributed by atoms with E-state index in [1.54, 1.807) is 0 Å². The molecule has 0 N–H and O–H groups in total. The first-order chi connectivity index (χ1) is 9.80. The lowest BCUT2D eigenvalue weighted by Crippen LogP contribution is -2.11. The number of carbonyl (C=O) groups is 1. The maximum atomic E-state index is 12.8. The van der Waals surface area contributed by atoms with Gasteiger partial charge in [-0.15, -0.1) is 0 Å². The SMILES string of the molecule is O=C(c1ccncc1)c1ccc([N+](=O)[O-])c(C(F)(F)F)c1. The Labute approximate surface area is 116 Å². The number of aromatic nitrogens is 1. The highest BCUT2D eigenvalue weighted by Gasteiger charge is 2.38. The molecule has 1 heterocycles. The molecule has 0 aliphatic carbocycles. The average molecular weight is 296 g/mol. The first-order valence-electron chi connectivity index (χ1n) is 5.61. The lowest BCUT2D eigenvalue weighted by Gasteiger charge is -2.09. The first kappa shape index (κ1) is 14.6. The molecule has 2 aromatic rings. The summed E-state index contributed by atoms with van der Waals surface area (Å²) >= 11 is 0. The summed E-state index contributed by atoms with van der Waals surface area (Å²) in [5.74, 6) is -0.669. The van der Waals surface area contributed by atoms with Crippen LogP contribution in [0.2, 0.25) is 0 Å². The molecule has 0 aliphatic rings. The van der Waals surface area contributed by atoms with Crippen molar-refractivity contribution in [2.45, 2.75) is 6.18 Å². The Morgan fingerprint density at radius 2 is 1.71 bits per heavy atom. The second-order valence-corrected chi connectivity index (χ2v) is 4.05. The van der Waals surface area contributed by atoms with Crippen molar-refractivity contribution in [1.82, 2.24) is 4.98 Å². The lowest BCUT2D eigenvalue weighted by atomic mass is 10.0. The fraction of sp³-hybridized carbons (Fsp3) is 0.0769. The number of nitro groups is 1. The average Bonchev–Trinajstić information content (AvgIpc) is 2.45. The van der Waals surface area contributed by atoms with Crippen LogP contribution in [0.1, 0.15) is 21.5 Å². The maximum Gasteiger partial charge on any atom is 0.423 e. The summed E-state index contributed by atoms with van der Waals surface area (Å²) in [5, 5.41) is 10.6. The third-order valence-electron chi connectivity index (χ3n) is 2.70. The van der Waals surface area contributed by atoms with E-state index in [2.05, 4.69) is 4.98 Å². The molecule has 1 aromatic carbocycles. The summed E-state index contributed by atoms with van der Waals surface area (Å²) in [4.78, 5) is 25.2. The van der Waals surface area contributed by atoms with E-state index < -0.39 is 28.1 Å². The number of pyridine rings is 1. The number of hydrogen-bond donors (Lipinski definition) is 0. The van der Waals surface area contributed by atoms with Gasteiger partial charge in [0.2, 0.25) is 0 Å². The zero-order chi connectivity index (χ0) is 15.6. The van der Waals surface area contributed by atoms with Crippen molar-refractivity contribution >= 4 is 11.5 Å². The van der Waals surface area contributed by atoms with Gasteiger partial charge in [0.15, 0.2) is 5.78 Å². The Morgan fingerprint density at radius 3 is 2.24 bits per heavy atom. The Morgan fingerprint density at radius 1 is 1.10 bits per heavy atom. The number of benzene rings is 1. The minimum atomic E-state index is -4.92. The van der Waals surface area contributed by atoms with E-state index in [1.807, 2.05) is 0 Å². The number of halogens is 3. The number of nitrogens with zero attached hydrogens (tertiary/aromatic N) is 2. The molecule has 0 aliphatic heterocycles. The largest absolute Gasteiger partial charge is 0.423 e. The third-order valence-corrected chi connectivity index (χ3v) is 2.70. The van der Waals surface area contributed by atoms with E-state index >= 15 is 0 Å². The number of alkyl halides is 3. The van der Waals surface area contributed by atoms with Gasteiger partial charge in [-0.3, -0.25) is 19.9 Å². The van der Waals surface area contributed by atoms with Crippen LogP contribution in [0, 0.1) is 10.1 Å². The molecule has 5 nitrogen and oxygen atoms in total. The van der Waals surface area contributed by atoms with Crippen LogP contribution in [0.4, 0.5) is 18.9 Å². The van der Waals surface area contributed by atoms with Crippen molar-refractivity contribution in [1.29, 1.82) is 0 Å². The molecule has 0 atom stereocenters. The summed E-state index contributed by atoms with van der Waals surface area (Å²) in [6, 6.07) is 4.85. The second kappa shape index (κ2) is 5.31. The number of ketones is 1. The van der Waals surface area contributed by atoms with Crippen molar-refractivity contribution in [3.63, 3.8) is 0 Å². The van der Waals surface area contributed by atoms with Crippen LogP contribution < -0.4 is 0 Å². The van der Waals surface area contributed by atoms with Crippen molar-refractivity contribution in [3.8, 4) is 0 Å². The van der Waals surface area contributed by atoms with Crippen LogP contribution in [0.3, 0.4) is 0 Å². The molecule has 0 radical (unpaired) electrons. The molecule has 8 heteroatoms. The molecular weight excluding hydrogens is 289 g/mol. The van der Waals surface area contributed by atoms with Crippen LogP contribution in [0.25, 0.3) is 0 Å². The van der Waals surface area contributed by atoms with Crippen LogP contribution in [0.5, 0.6) is 0 Å². The predicted molar refractivity (Wildman–Crippen MR) is 65.8 cm³/mol. The highest BCUT2D eigenvalue weighted by atomic mass is 19.4. The fourth-order valence-electron chi connectivity index (χ4n) is 1.73. The van der Waals surface area contributed by atoms with Gasteiger partial charge in [-0.25, -0.2) is 0 Å². The lowest BCUT2D eigenvalue weighted by molar-refractivity contribution is -0.388. The van der Waals surface area contributed by atoms with Gasteiger partial charge in [0, 0.05) is 29.6 Å². The van der Waals surface area contributed by atoms with Gasteiger partial charge in [-0.1, -0.05) is 0 Å². The van der Waals surface area contributed by atoms with Gasteiger partial charge < -0.3 is 0 Å². The smallest absolute Gasteiger partial charge is 0.289 e. The summed E-state index contributed by atoms with van der Waals surface area (Å²) in [7, 11) is 0. The molecule has 2 rings (SSSR count). The maximum absolute atomic E-state index is 12.8. The molecule has 108 valence electrons. The minimum Gasteiger partial charge on any atom is -0.289 e. The molecule has 0 bridgehead atoms. The predicted octanol–water partition coefficient (Wildman–Crippen LogP) is 3.24. The van der Waals surface area contributed by atoms with E-state index in [0.29, 0.717) is 12.1 Å². The minimum absolute atomic E-state index is 0.145. The third kappa shape index (κ3) is 3.04. The van der Waals surface area contributed by atoms with Crippen LogP contribution >= 0.6 is 0 Å². The summed E-state index contributed by atoms with van der Waals surface area (Å²) < 4.78 is 38.5. The van der Waals surface area contributed by atoms with E-state index in [1.165, 1.54) is 24.5 Å². The summed E-state index contributed by atoms with van der Waals surface area (Å²) in [6.07, 6.45) is -2.27. The number of nitro benzene ring substituents is 1. The molecular formula is C13H7F3N2O3. The Kier molecular flexibility index (Phi) is 3.70. The van der Waals surface area contributed by atoms with Gasteiger partial charge in [0.25, 0.3) is 5.69 Å². The van der Waals surface area contributed by atoms with Crippen LogP contribution in [-0.2, 0) is 6.18 Å². The molecule has 0 unspecified atom stereocenters. The second-order valence-electron chi connectivity index (χ2n) is 4.05. The molecule has 21 heavy (non-hydrogen) atoms. The number of carbonyl (C=O) groups excluding carboxylic acids is 1. The van der Waals surface area contributed by atoms with Gasteiger partial charge >= 0.3 is 6.18 Å². The van der Waals surface area contributed by atoms with E-state index in [9.17, 15) is 28.1 Å². The van der Waals surface area contributed by atoms with Gasteiger partial charge in [0.05, 0.1) is 4.92 Å². The van der Waals surface area contributed by atoms with Gasteiger partial charge in [-0.05, 0) is 24.3 Å². The highest BCUT2D eigenvalue weighted by molar-refractivity contribution is 6.09. The van der Waals surface area contributed by atoms with E-state index in [-0.39, 0.29) is 11.1 Å². The zero-order valence-corrected chi connectivity index (χ0v) is 10.3. The zero-order valence-electron chi connectivity index (χ0n) is 10.3. The molecule has 1 aromatic heterocycles. The summed E-state index contributed by atoms with van der Waals surface area (Å²) in [6.45, 7) is 0. The van der Waals surface area contributed by atoms with Crippen molar-refractivity contribution < 1.29 is 22.9 Å². The first-order valence-corrected chi connectivity index (χ1v) is 5.61. The molecule has 0 saturated carbocycles. The Bertz CT molecular complexity index is 700. The van der Waals surface area contributed by atoms with Gasteiger partial charge in [0.1, 0.15) is 5.56 Å². The van der Waals surface area contributed by atoms with Crippen molar-refractivity contribution in [2.24, 2.45) is 0 Å². The van der Waals surface area contributed by atoms with Crippen molar-refractivity contribution in [2.75, 3.05) is 0 Å². The Balaban J connectivity index is 2.53. The normalized spacial score (nSPS) is 11.2. The molecule has 0 saturated heterocycles. The molecule has 0 spiro atoms. The van der Waals surface area contributed by atoms with E-state index in [4.69, 9.17) is 0 Å². The van der Waals surface area contributed by atoms with Crippen LogP contribution in [-0.4, -0.2) is 15.7 Å². The monoisotopic (exact) mass is 296 g/mol. The van der Waals surface area contributed by atoms with E-state index in [0.717, 1.165) is 6.07 Å². The molecule has 0 fully saturated rings. The highest BCUT2D eigenvalue weighted by Crippen LogP contribution is 2.36. The summed E-state index contributed by atoms with van der Waals surface area (Å²) in [5.41, 5.74) is -2.67. The topological polar surface area (TPSA) is 73.1 Å². The standard InChI is InChI=1S/C13H7F3N2O3/c14-13(15,16)10-7-9(1-2-11(10)18(20)21)12(19)8-3-5-17-6-4-8/h1-7H.